The summed E-state index contributed by atoms with van der Waals surface area (Å²) in [5.41, 5.74) is 0. The van der Waals surface area contributed by atoms with E-state index >= 15 is 0 Å². The highest BCUT2D eigenvalue weighted by Gasteiger charge is 2.37. The zero-order valence-corrected chi connectivity index (χ0v) is 14.0. The topological polar surface area (TPSA) is 104 Å². The summed E-state index contributed by atoms with van der Waals surface area (Å²) < 4.78 is 0. The van der Waals surface area contributed by atoms with E-state index in [2.05, 4.69) is 25.9 Å². The number of aromatic amines is 1. The summed E-state index contributed by atoms with van der Waals surface area (Å²) in [6.07, 6.45) is 8.58. The van der Waals surface area contributed by atoms with Crippen LogP contribution in [0.25, 0.3) is 0 Å². The van der Waals surface area contributed by atoms with Gasteiger partial charge in [0.25, 0.3) is 0 Å². The van der Waals surface area contributed by atoms with E-state index < -0.39 is 0 Å². The highest BCUT2D eigenvalue weighted by atomic mass is 16.2. The van der Waals surface area contributed by atoms with E-state index in [0.29, 0.717) is 18.8 Å². The fourth-order valence-electron chi connectivity index (χ4n) is 3.75. The van der Waals surface area contributed by atoms with E-state index in [-0.39, 0.29) is 23.8 Å². The van der Waals surface area contributed by atoms with Gasteiger partial charge in [-0.25, -0.2) is 0 Å². The van der Waals surface area contributed by atoms with Crippen molar-refractivity contribution in [2.45, 2.75) is 63.8 Å². The third-order valence-electron chi connectivity index (χ3n) is 5.06. The fourth-order valence-corrected chi connectivity index (χ4v) is 3.75. The largest absolute Gasteiger partial charge is 0.354 e. The number of aryl methyl sites for hydroxylation is 1. The SMILES string of the molecule is O=C(NCCCc1nn[nH]n1)[C@@H]1CCCN1C(=O)C1CCCCC1. The van der Waals surface area contributed by atoms with Crippen LogP contribution in [0, 0.1) is 5.92 Å². The second-order valence-electron chi connectivity index (χ2n) is 6.75. The number of nitrogens with one attached hydrogen (secondary N) is 2. The van der Waals surface area contributed by atoms with Gasteiger partial charge in [0.1, 0.15) is 6.04 Å². The predicted octanol–water partition coefficient (Wildman–Crippen LogP) is 0.820. The molecular formula is C16H26N6O2. The molecule has 0 bridgehead atoms. The maximum Gasteiger partial charge on any atom is 0.242 e. The van der Waals surface area contributed by atoms with Gasteiger partial charge in [0.05, 0.1) is 0 Å². The highest BCUT2D eigenvalue weighted by molar-refractivity contribution is 5.89. The van der Waals surface area contributed by atoms with Crippen LogP contribution in [0.15, 0.2) is 0 Å². The average molecular weight is 334 g/mol. The second-order valence-corrected chi connectivity index (χ2v) is 6.75. The van der Waals surface area contributed by atoms with E-state index in [1.807, 2.05) is 4.90 Å². The Hall–Kier alpha value is -1.99. The van der Waals surface area contributed by atoms with Crippen LogP contribution >= 0.6 is 0 Å². The Kier molecular flexibility index (Phi) is 5.77. The lowest BCUT2D eigenvalue weighted by molar-refractivity contribution is -0.142. The van der Waals surface area contributed by atoms with E-state index in [9.17, 15) is 9.59 Å². The molecule has 0 radical (unpaired) electrons. The minimum atomic E-state index is -0.287. The molecule has 2 amide bonds. The molecule has 0 unspecified atom stereocenters. The molecule has 1 aromatic heterocycles. The number of carbonyl (C=O) groups excluding carboxylic acids is 2. The van der Waals surface area contributed by atoms with Crippen LogP contribution in [0.5, 0.6) is 0 Å². The third kappa shape index (κ3) is 4.10. The van der Waals surface area contributed by atoms with Gasteiger partial charge in [-0.3, -0.25) is 9.59 Å². The highest BCUT2D eigenvalue weighted by Crippen LogP contribution is 2.28. The Morgan fingerprint density at radius 3 is 2.75 bits per heavy atom. The van der Waals surface area contributed by atoms with Gasteiger partial charge in [-0.15, -0.1) is 10.2 Å². The number of nitrogens with zero attached hydrogens (tertiary/aromatic N) is 4. The van der Waals surface area contributed by atoms with Gasteiger partial charge in [0.15, 0.2) is 5.82 Å². The van der Waals surface area contributed by atoms with E-state index in [1.165, 1.54) is 6.42 Å². The molecule has 2 heterocycles. The van der Waals surface area contributed by atoms with Crippen LogP contribution in [0.1, 0.15) is 57.2 Å². The molecule has 1 aliphatic carbocycles. The third-order valence-corrected chi connectivity index (χ3v) is 5.06. The number of amides is 2. The Morgan fingerprint density at radius 1 is 1.17 bits per heavy atom. The zero-order chi connectivity index (χ0) is 16.8. The second kappa shape index (κ2) is 8.21. The lowest BCUT2D eigenvalue weighted by atomic mass is 9.88. The molecule has 3 rings (SSSR count). The summed E-state index contributed by atoms with van der Waals surface area (Å²) in [5.74, 6) is 0.952. The molecule has 2 N–H and O–H groups in total. The minimum absolute atomic E-state index is 0.0234. The van der Waals surface area contributed by atoms with Gasteiger partial charge in [0.2, 0.25) is 11.8 Å². The molecule has 132 valence electrons. The number of likely N-dealkylation sites (tertiary alicyclic amines) is 1. The standard InChI is InChI=1S/C16H26N6O2/c23-15(17-10-4-9-14-18-20-21-19-14)13-8-5-11-22(13)16(24)12-6-2-1-3-7-12/h12-13H,1-11H2,(H,17,23)(H,18,19,20,21)/t13-/m0/s1. The lowest BCUT2D eigenvalue weighted by Gasteiger charge is -2.30. The number of tetrazole rings is 1. The molecule has 1 atom stereocenters. The van der Waals surface area contributed by atoms with Gasteiger partial charge in [-0.05, 0) is 32.1 Å². The quantitative estimate of drug-likeness (QED) is 0.750. The molecule has 2 aliphatic rings. The maximum atomic E-state index is 12.7. The number of hydrogen-bond donors (Lipinski definition) is 2. The molecule has 8 nitrogen and oxygen atoms in total. The number of hydrogen-bond acceptors (Lipinski definition) is 5. The molecule has 8 heteroatoms. The Labute approximate surface area is 141 Å². The molecule has 1 saturated heterocycles. The van der Waals surface area contributed by atoms with Crippen molar-refractivity contribution in [2.24, 2.45) is 5.92 Å². The van der Waals surface area contributed by atoms with Crippen molar-refractivity contribution in [3.8, 4) is 0 Å². The van der Waals surface area contributed by atoms with E-state index in [1.54, 1.807) is 0 Å². The summed E-state index contributed by atoms with van der Waals surface area (Å²) in [7, 11) is 0. The molecule has 1 aliphatic heterocycles. The van der Waals surface area contributed by atoms with Crippen molar-refractivity contribution in [2.75, 3.05) is 13.1 Å². The van der Waals surface area contributed by atoms with Crippen LogP contribution in [0.3, 0.4) is 0 Å². The summed E-state index contributed by atoms with van der Waals surface area (Å²) >= 11 is 0. The van der Waals surface area contributed by atoms with Crippen LogP contribution in [-0.2, 0) is 16.0 Å². The Bertz CT molecular complexity index is 541. The monoisotopic (exact) mass is 334 g/mol. The number of H-pyrrole nitrogens is 1. The smallest absolute Gasteiger partial charge is 0.242 e. The first-order chi connectivity index (χ1) is 11.8. The molecule has 1 aromatic rings. The Balaban J connectivity index is 1.45. The van der Waals surface area contributed by atoms with Crippen molar-refractivity contribution >= 4 is 11.8 Å². The van der Waals surface area contributed by atoms with Crippen LogP contribution in [-0.4, -0.2) is 56.5 Å². The van der Waals surface area contributed by atoms with Gasteiger partial charge in [0, 0.05) is 25.4 Å². The number of aromatic nitrogens is 4. The first-order valence-corrected chi connectivity index (χ1v) is 9.06. The fraction of sp³-hybridized carbons (Fsp3) is 0.812. The van der Waals surface area contributed by atoms with Gasteiger partial charge >= 0.3 is 0 Å². The van der Waals surface area contributed by atoms with E-state index in [4.69, 9.17) is 0 Å². The minimum Gasteiger partial charge on any atom is -0.354 e. The van der Waals surface area contributed by atoms with Crippen molar-refractivity contribution in [1.82, 2.24) is 30.8 Å². The molecular weight excluding hydrogens is 308 g/mol. The van der Waals surface area contributed by atoms with Crippen LogP contribution in [0.2, 0.25) is 0 Å². The number of carbonyl (C=O) groups is 2. The normalized spacial score (nSPS) is 21.8. The maximum absolute atomic E-state index is 12.7. The summed E-state index contributed by atoms with van der Waals surface area (Å²) in [6, 6.07) is -0.287. The summed E-state index contributed by atoms with van der Waals surface area (Å²) in [5, 5.41) is 16.6. The molecule has 2 fully saturated rings. The molecule has 1 saturated carbocycles. The van der Waals surface area contributed by atoms with Crippen molar-refractivity contribution in [1.29, 1.82) is 0 Å². The molecule has 0 spiro atoms. The lowest BCUT2D eigenvalue weighted by Crippen LogP contribution is -2.48. The van der Waals surface area contributed by atoms with Crippen LogP contribution in [0.4, 0.5) is 0 Å². The predicted molar refractivity (Wildman–Crippen MR) is 86.8 cm³/mol. The first-order valence-electron chi connectivity index (χ1n) is 9.06. The Morgan fingerprint density at radius 2 is 2.00 bits per heavy atom. The zero-order valence-electron chi connectivity index (χ0n) is 14.0. The van der Waals surface area contributed by atoms with Crippen molar-refractivity contribution < 1.29 is 9.59 Å². The average Bonchev–Trinajstić information content (AvgIpc) is 3.30. The summed E-state index contributed by atoms with van der Waals surface area (Å²) in [4.78, 5) is 27.0. The van der Waals surface area contributed by atoms with Crippen LogP contribution < -0.4 is 5.32 Å². The van der Waals surface area contributed by atoms with E-state index in [0.717, 1.165) is 51.5 Å². The first kappa shape index (κ1) is 16.9. The molecule has 24 heavy (non-hydrogen) atoms. The van der Waals surface area contributed by atoms with Crippen molar-refractivity contribution in [3.63, 3.8) is 0 Å². The van der Waals surface area contributed by atoms with Crippen molar-refractivity contribution in [3.05, 3.63) is 5.82 Å². The summed E-state index contributed by atoms with van der Waals surface area (Å²) in [6.45, 7) is 1.28. The molecule has 0 aromatic carbocycles. The van der Waals surface area contributed by atoms with Gasteiger partial charge in [-0.1, -0.05) is 24.5 Å². The van der Waals surface area contributed by atoms with Gasteiger partial charge < -0.3 is 10.2 Å². The number of rotatable bonds is 6. The van der Waals surface area contributed by atoms with Gasteiger partial charge in [-0.2, -0.15) is 5.21 Å².